The van der Waals surface area contributed by atoms with Gasteiger partial charge in [0.25, 0.3) is 10.0 Å². The van der Waals surface area contributed by atoms with Crippen molar-refractivity contribution in [3.63, 3.8) is 0 Å². The third-order valence-corrected chi connectivity index (χ3v) is 7.09. The van der Waals surface area contributed by atoms with E-state index in [0.717, 1.165) is 31.8 Å². The van der Waals surface area contributed by atoms with Gasteiger partial charge in [0.05, 0.1) is 27.7 Å². The van der Waals surface area contributed by atoms with Crippen molar-refractivity contribution in [3.8, 4) is 22.5 Å². The molecule has 0 saturated heterocycles. The summed E-state index contributed by atoms with van der Waals surface area (Å²) in [5.41, 5.74) is 3.98. The van der Waals surface area contributed by atoms with Gasteiger partial charge in [-0.1, -0.05) is 30.3 Å². The molecule has 0 radical (unpaired) electrons. The fraction of sp³-hybridized carbons (Fsp3) is 0.174. The quantitative estimate of drug-likeness (QED) is 0.420. The van der Waals surface area contributed by atoms with Gasteiger partial charge in [-0.25, -0.2) is 0 Å². The van der Waals surface area contributed by atoms with Crippen LogP contribution in [0.1, 0.15) is 11.4 Å². The normalized spacial score (nSPS) is 12.0. The third-order valence-electron chi connectivity index (χ3n) is 5.50. The Morgan fingerprint density at radius 1 is 0.750 bits per heavy atom. The zero-order valence-corrected chi connectivity index (χ0v) is 19.0. The Kier molecular flexibility index (Phi) is 4.52. The van der Waals surface area contributed by atoms with Crippen LogP contribution in [0.25, 0.3) is 33.3 Å². The smallest absolute Gasteiger partial charge is 0.275 e. The first-order chi connectivity index (χ1) is 15.2. The Labute approximate surface area is 185 Å². The van der Waals surface area contributed by atoms with E-state index < -0.39 is 10.0 Å². The summed E-state index contributed by atoms with van der Waals surface area (Å²) in [5, 5.41) is 15.1. The largest absolute Gasteiger partial charge is 0.283 e. The number of nitrogens with zero attached hydrogens (tertiary/aromatic N) is 6. The maximum atomic E-state index is 13.8. The second kappa shape index (κ2) is 7.16. The van der Waals surface area contributed by atoms with Gasteiger partial charge < -0.3 is 0 Å². The predicted molar refractivity (Wildman–Crippen MR) is 123 cm³/mol. The molecule has 0 unspecified atom stereocenters. The molecule has 0 aliphatic rings. The lowest BCUT2D eigenvalue weighted by molar-refractivity contribution is 0.581. The van der Waals surface area contributed by atoms with Gasteiger partial charge in [-0.15, -0.1) is 0 Å². The van der Waals surface area contributed by atoms with Gasteiger partial charge in [-0.2, -0.15) is 27.8 Å². The van der Waals surface area contributed by atoms with E-state index in [-0.39, 0.29) is 4.90 Å². The molecule has 0 aliphatic carbocycles. The van der Waals surface area contributed by atoms with E-state index in [1.165, 1.54) is 0 Å². The van der Waals surface area contributed by atoms with Crippen LogP contribution in [0.15, 0.2) is 65.8 Å². The van der Waals surface area contributed by atoms with E-state index in [2.05, 4.69) is 15.3 Å². The zero-order valence-electron chi connectivity index (χ0n) is 18.2. The van der Waals surface area contributed by atoms with Crippen LogP contribution in [-0.2, 0) is 24.1 Å². The summed E-state index contributed by atoms with van der Waals surface area (Å²) in [6.45, 7) is 3.73. The van der Waals surface area contributed by atoms with Gasteiger partial charge in [-0.05, 0) is 42.8 Å². The average Bonchev–Trinajstić information content (AvgIpc) is 3.43. The minimum Gasteiger partial charge on any atom is -0.275 e. The highest BCUT2D eigenvalue weighted by Crippen LogP contribution is 2.32. The molecule has 9 heteroatoms. The summed E-state index contributed by atoms with van der Waals surface area (Å²) in [7, 11) is -0.337. The molecule has 162 valence electrons. The van der Waals surface area contributed by atoms with Crippen LogP contribution in [0.2, 0.25) is 0 Å². The molecule has 0 spiro atoms. The molecule has 5 aromatic rings. The van der Waals surface area contributed by atoms with Crippen molar-refractivity contribution in [3.05, 3.63) is 72.3 Å². The number of benzene rings is 2. The van der Waals surface area contributed by atoms with Crippen LogP contribution in [0.3, 0.4) is 0 Å². The Hall–Kier alpha value is -3.72. The molecule has 0 N–H and O–H groups in total. The molecule has 0 amide bonds. The molecular formula is C23H22N6O2S. The highest BCUT2D eigenvalue weighted by Gasteiger charge is 2.26. The van der Waals surface area contributed by atoms with E-state index in [1.54, 1.807) is 40.8 Å². The van der Waals surface area contributed by atoms with E-state index in [9.17, 15) is 8.42 Å². The van der Waals surface area contributed by atoms with Gasteiger partial charge in [0.15, 0.2) is 0 Å². The van der Waals surface area contributed by atoms with Crippen LogP contribution in [0.4, 0.5) is 0 Å². The Balaban J connectivity index is 1.75. The molecule has 3 heterocycles. The lowest BCUT2D eigenvalue weighted by atomic mass is 10.1. The van der Waals surface area contributed by atoms with Crippen molar-refractivity contribution in [2.24, 2.45) is 14.1 Å². The summed E-state index contributed by atoms with van der Waals surface area (Å²) in [5.74, 6) is 0. The van der Waals surface area contributed by atoms with E-state index in [1.807, 2.05) is 57.4 Å². The molecule has 0 saturated carbocycles. The topological polar surface area (TPSA) is 87.6 Å². The summed E-state index contributed by atoms with van der Waals surface area (Å²) in [4.78, 5) is 0.177. The van der Waals surface area contributed by atoms with Crippen LogP contribution in [-0.4, -0.2) is 37.2 Å². The second-order valence-corrected chi connectivity index (χ2v) is 9.64. The molecule has 8 nitrogen and oxygen atoms in total. The fourth-order valence-corrected chi connectivity index (χ4v) is 5.31. The number of aromatic nitrogens is 6. The SMILES string of the molecule is Cc1nn(C)cc1-c1cc(-c2cn(C)nc2C)n(S(=O)(=O)c2ccc3ccccc3c2)n1. The highest BCUT2D eigenvalue weighted by atomic mass is 32.2. The number of aryl methyl sites for hydroxylation is 4. The molecular weight excluding hydrogens is 424 g/mol. The lowest BCUT2D eigenvalue weighted by Crippen LogP contribution is -2.16. The average molecular weight is 447 g/mol. The first-order valence-electron chi connectivity index (χ1n) is 10.1. The van der Waals surface area contributed by atoms with Crippen molar-refractivity contribution in [1.82, 2.24) is 28.7 Å². The monoisotopic (exact) mass is 446 g/mol. The predicted octanol–water partition coefficient (Wildman–Crippen LogP) is 3.69. The van der Waals surface area contributed by atoms with Gasteiger partial charge in [0.2, 0.25) is 0 Å². The number of hydrogen-bond donors (Lipinski definition) is 0. The molecule has 0 atom stereocenters. The molecule has 0 fully saturated rings. The maximum Gasteiger partial charge on any atom is 0.283 e. The molecule has 0 bridgehead atoms. The Morgan fingerprint density at radius 2 is 1.38 bits per heavy atom. The van der Waals surface area contributed by atoms with Gasteiger partial charge in [-0.3, -0.25) is 9.36 Å². The molecule has 3 aromatic heterocycles. The number of rotatable bonds is 4. The lowest BCUT2D eigenvalue weighted by Gasteiger charge is -2.09. The van der Waals surface area contributed by atoms with Crippen molar-refractivity contribution >= 4 is 20.8 Å². The second-order valence-electron chi connectivity index (χ2n) is 7.88. The van der Waals surface area contributed by atoms with Crippen LogP contribution in [0, 0.1) is 13.8 Å². The van der Waals surface area contributed by atoms with Crippen LogP contribution < -0.4 is 0 Å². The van der Waals surface area contributed by atoms with Crippen LogP contribution in [0.5, 0.6) is 0 Å². The van der Waals surface area contributed by atoms with Crippen molar-refractivity contribution < 1.29 is 8.42 Å². The zero-order chi connectivity index (χ0) is 22.6. The van der Waals surface area contributed by atoms with Crippen molar-refractivity contribution in [1.29, 1.82) is 0 Å². The van der Waals surface area contributed by atoms with Crippen molar-refractivity contribution in [2.75, 3.05) is 0 Å². The summed E-state index contributed by atoms with van der Waals surface area (Å²) < 4.78 is 32.0. The first kappa shape index (κ1) is 20.2. The molecule has 5 rings (SSSR count). The highest BCUT2D eigenvalue weighted by molar-refractivity contribution is 7.90. The van der Waals surface area contributed by atoms with E-state index in [0.29, 0.717) is 17.0 Å². The Morgan fingerprint density at radius 3 is 2.00 bits per heavy atom. The maximum absolute atomic E-state index is 13.8. The first-order valence-corrected chi connectivity index (χ1v) is 11.5. The van der Waals surface area contributed by atoms with Gasteiger partial charge in [0.1, 0.15) is 0 Å². The van der Waals surface area contributed by atoms with E-state index in [4.69, 9.17) is 0 Å². The summed E-state index contributed by atoms with van der Waals surface area (Å²) >= 11 is 0. The van der Waals surface area contributed by atoms with E-state index >= 15 is 0 Å². The standard InChI is InChI=1S/C23H22N6O2S/c1-15-20(13-27(3)24-15)22-12-23(21-14-28(4)25-16(21)2)29(26-22)32(30,31)19-10-9-17-7-5-6-8-18(17)11-19/h5-14H,1-4H3. The Bertz CT molecular complexity index is 1590. The number of fused-ring (bicyclic) bond motifs is 1. The van der Waals surface area contributed by atoms with Gasteiger partial charge >= 0.3 is 0 Å². The third kappa shape index (κ3) is 3.21. The molecule has 0 aliphatic heterocycles. The minimum absolute atomic E-state index is 0.177. The summed E-state index contributed by atoms with van der Waals surface area (Å²) in [6.07, 6.45) is 3.64. The molecule has 32 heavy (non-hydrogen) atoms. The van der Waals surface area contributed by atoms with Crippen molar-refractivity contribution in [2.45, 2.75) is 18.7 Å². The number of hydrogen-bond acceptors (Lipinski definition) is 5. The van der Waals surface area contributed by atoms with Gasteiger partial charge in [0, 0.05) is 37.6 Å². The molecule has 2 aromatic carbocycles. The summed E-state index contributed by atoms with van der Waals surface area (Å²) in [6, 6.07) is 14.6. The van der Waals surface area contributed by atoms with Crippen LogP contribution >= 0.6 is 0 Å². The fourth-order valence-electron chi connectivity index (χ4n) is 3.99. The minimum atomic E-state index is -3.97.